The average molecular weight is 418 g/mol. The fraction of sp³-hybridized carbons (Fsp3) is 0.435. The van der Waals surface area contributed by atoms with E-state index in [1.165, 1.54) is 4.90 Å². The van der Waals surface area contributed by atoms with Crippen LogP contribution in [0, 0.1) is 0 Å². The molecule has 1 aliphatic rings. The number of hydrogen-bond donors (Lipinski definition) is 2. The topological polar surface area (TPSA) is 61.8 Å². The van der Waals surface area contributed by atoms with Crippen molar-refractivity contribution in [2.75, 3.05) is 19.7 Å². The lowest BCUT2D eigenvalue weighted by Gasteiger charge is -2.38. The van der Waals surface area contributed by atoms with Gasteiger partial charge in [0.15, 0.2) is 0 Å². The van der Waals surface area contributed by atoms with E-state index in [0.717, 1.165) is 11.1 Å². The van der Waals surface area contributed by atoms with E-state index in [2.05, 4.69) is 5.32 Å². The van der Waals surface area contributed by atoms with E-state index in [4.69, 9.17) is 9.84 Å². The minimum absolute atomic E-state index is 0.0443. The third kappa shape index (κ3) is 6.00. The Morgan fingerprint density at radius 3 is 2.60 bits per heavy atom. The smallest absolute Gasteiger partial charge is 0.260 e. The number of nitrogens with one attached hydrogen (secondary N) is 1. The van der Waals surface area contributed by atoms with E-state index in [1.807, 2.05) is 37.3 Å². The van der Waals surface area contributed by atoms with Crippen molar-refractivity contribution in [3.05, 3.63) is 65.7 Å². The predicted molar refractivity (Wildman–Crippen MR) is 110 cm³/mol. The number of carbonyl (C=O) groups excluding carboxylic acids is 1. The number of carbonyl (C=O) groups is 1. The normalized spacial score (nSPS) is 19.8. The van der Waals surface area contributed by atoms with Crippen molar-refractivity contribution < 1.29 is 23.4 Å². The molecule has 1 fully saturated rings. The minimum Gasteiger partial charge on any atom is -0.492 e. The van der Waals surface area contributed by atoms with Crippen LogP contribution in [-0.4, -0.2) is 47.6 Å². The number of benzene rings is 2. The number of likely N-dealkylation sites (tertiary alicyclic amines) is 1. The molecule has 0 aliphatic carbocycles. The van der Waals surface area contributed by atoms with Gasteiger partial charge in [-0.3, -0.25) is 9.69 Å². The molecule has 0 unspecified atom stereocenters. The molecule has 2 aromatic carbocycles. The third-order valence-electron chi connectivity index (χ3n) is 5.37. The number of aliphatic hydroxyl groups is 1. The van der Waals surface area contributed by atoms with E-state index >= 15 is 0 Å². The molecule has 1 saturated heterocycles. The standard InChI is InChI=1S/C23H28F2N2O3/c1-17(19-9-7-18(15-28)8-10-19)26-22(29)21-11-12-23(24,25)16-27(21)13-14-30-20-5-3-2-4-6-20/h2-10,17,21,28H,11-16H2,1H3,(H,26,29)/t17-,21+/m0/s1. The summed E-state index contributed by atoms with van der Waals surface area (Å²) in [6.45, 7) is 1.82. The largest absolute Gasteiger partial charge is 0.492 e. The molecule has 0 radical (unpaired) electrons. The lowest BCUT2D eigenvalue weighted by atomic mass is 9.97. The summed E-state index contributed by atoms with van der Waals surface area (Å²) in [5.41, 5.74) is 1.68. The molecule has 7 heteroatoms. The lowest BCUT2D eigenvalue weighted by Crippen LogP contribution is -2.56. The monoisotopic (exact) mass is 418 g/mol. The predicted octanol–water partition coefficient (Wildman–Crippen LogP) is 3.53. The van der Waals surface area contributed by atoms with Crippen LogP contribution >= 0.6 is 0 Å². The zero-order valence-electron chi connectivity index (χ0n) is 17.1. The zero-order chi connectivity index (χ0) is 21.6. The van der Waals surface area contributed by atoms with Crippen LogP contribution in [0.1, 0.15) is 36.9 Å². The Hall–Kier alpha value is -2.51. The Morgan fingerprint density at radius 1 is 1.23 bits per heavy atom. The van der Waals surface area contributed by atoms with Crippen molar-refractivity contribution in [3.8, 4) is 5.75 Å². The molecule has 2 atom stereocenters. The number of para-hydroxylation sites is 1. The Balaban J connectivity index is 1.60. The summed E-state index contributed by atoms with van der Waals surface area (Å²) in [5, 5.41) is 12.1. The van der Waals surface area contributed by atoms with Crippen LogP contribution in [0.4, 0.5) is 8.78 Å². The molecule has 0 spiro atoms. The summed E-state index contributed by atoms with van der Waals surface area (Å²) in [6, 6.07) is 15.6. The fourth-order valence-electron chi connectivity index (χ4n) is 3.65. The SMILES string of the molecule is C[C@H](NC(=O)[C@H]1CCC(F)(F)CN1CCOc1ccccc1)c1ccc(CO)cc1. The second-order valence-electron chi connectivity index (χ2n) is 7.67. The molecule has 0 aromatic heterocycles. The van der Waals surface area contributed by atoms with E-state index < -0.39 is 18.5 Å². The summed E-state index contributed by atoms with van der Waals surface area (Å²) >= 11 is 0. The van der Waals surface area contributed by atoms with Crippen molar-refractivity contribution >= 4 is 5.91 Å². The van der Waals surface area contributed by atoms with Gasteiger partial charge in [0.05, 0.1) is 25.2 Å². The van der Waals surface area contributed by atoms with Crippen LogP contribution in [0.15, 0.2) is 54.6 Å². The number of hydrogen-bond acceptors (Lipinski definition) is 4. The summed E-state index contributed by atoms with van der Waals surface area (Å²) < 4.78 is 33.7. The molecular weight excluding hydrogens is 390 g/mol. The number of aliphatic hydroxyl groups excluding tert-OH is 1. The highest BCUT2D eigenvalue weighted by molar-refractivity contribution is 5.82. The molecular formula is C23H28F2N2O3. The lowest BCUT2D eigenvalue weighted by molar-refractivity contribution is -0.136. The maximum Gasteiger partial charge on any atom is 0.260 e. The van der Waals surface area contributed by atoms with Crippen molar-refractivity contribution in [2.24, 2.45) is 0 Å². The molecule has 2 aromatic rings. The molecule has 0 bridgehead atoms. The van der Waals surface area contributed by atoms with Crippen molar-refractivity contribution in [1.82, 2.24) is 10.2 Å². The molecule has 30 heavy (non-hydrogen) atoms. The number of halogens is 2. The molecule has 1 aliphatic heterocycles. The number of rotatable bonds is 8. The van der Waals surface area contributed by atoms with Crippen molar-refractivity contribution in [1.29, 1.82) is 0 Å². The van der Waals surface area contributed by atoms with Gasteiger partial charge in [-0.2, -0.15) is 0 Å². The van der Waals surface area contributed by atoms with E-state index in [-0.39, 0.29) is 44.5 Å². The molecule has 162 valence electrons. The van der Waals surface area contributed by atoms with E-state index in [1.54, 1.807) is 24.3 Å². The Morgan fingerprint density at radius 2 is 1.93 bits per heavy atom. The molecule has 1 amide bonds. The van der Waals surface area contributed by atoms with Gasteiger partial charge in [-0.15, -0.1) is 0 Å². The van der Waals surface area contributed by atoms with Crippen molar-refractivity contribution in [3.63, 3.8) is 0 Å². The summed E-state index contributed by atoms with van der Waals surface area (Å²) in [5.74, 6) is -2.40. The first-order chi connectivity index (χ1) is 14.4. The van der Waals surface area contributed by atoms with Gasteiger partial charge in [-0.1, -0.05) is 42.5 Å². The zero-order valence-corrected chi connectivity index (χ0v) is 17.1. The number of nitrogens with zero attached hydrogens (tertiary/aromatic N) is 1. The van der Waals surface area contributed by atoms with Gasteiger partial charge in [-0.05, 0) is 36.6 Å². The summed E-state index contributed by atoms with van der Waals surface area (Å²) in [7, 11) is 0. The van der Waals surface area contributed by atoms with Crippen molar-refractivity contribution in [2.45, 2.75) is 44.4 Å². The number of ether oxygens (including phenoxy) is 1. The fourth-order valence-corrected chi connectivity index (χ4v) is 3.65. The highest BCUT2D eigenvalue weighted by atomic mass is 19.3. The first kappa shape index (κ1) is 22.2. The number of piperidine rings is 1. The summed E-state index contributed by atoms with van der Waals surface area (Å²) in [4.78, 5) is 14.4. The summed E-state index contributed by atoms with van der Waals surface area (Å²) in [6.07, 6.45) is -0.207. The number of amides is 1. The van der Waals surface area contributed by atoms with Crippen LogP contribution in [-0.2, 0) is 11.4 Å². The molecule has 2 N–H and O–H groups in total. The van der Waals surface area contributed by atoms with Crippen LogP contribution in [0.3, 0.4) is 0 Å². The van der Waals surface area contributed by atoms with Gasteiger partial charge in [-0.25, -0.2) is 8.78 Å². The van der Waals surface area contributed by atoms with Gasteiger partial charge >= 0.3 is 0 Å². The Bertz CT molecular complexity index is 815. The van der Waals surface area contributed by atoms with Gasteiger partial charge in [0.25, 0.3) is 5.92 Å². The second-order valence-corrected chi connectivity index (χ2v) is 7.67. The molecule has 5 nitrogen and oxygen atoms in total. The minimum atomic E-state index is -2.81. The first-order valence-corrected chi connectivity index (χ1v) is 10.2. The second kappa shape index (κ2) is 10.00. The third-order valence-corrected chi connectivity index (χ3v) is 5.37. The first-order valence-electron chi connectivity index (χ1n) is 10.2. The van der Waals surface area contributed by atoms with Gasteiger partial charge in [0.1, 0.15) is 12.4 Å². The highest BCUT2D eigenvalue weighted by Gasteiger charge is 2.42. The van der Waals surface area contributed by atoms with Crippen LogP contribution in [0.2, 0.25) is 0 Å². The molecule has 0 saturated carbocycles. The highest BCUT2D eigenvalue weighted by Crippen LogP contribution is 2.30. The molecule has 3 rings (SSSR count). The van der Waals surface area contributed by atoms with Crippen LogP contribution < -0.4 is 10.1 Å². The number of alkyl halides is 2. The Labute approximate surface area is 175 Å². The Kier molecular flexibility index (Phi) is 7.39. The maximum absolute atomic E-state index is 14.0. The maximum atomic E-state index is 14.0. The average Bonchev–Trinajstić information content (AvgIpc) is 2.74. The van der Waals surface area contributed by atoms with Gasteiger partial charge in [0, 0.05) is 13.0 Å². The van der Waals surface area contributed by atoms with Gasteiger partial charge < -0.3 is 15.2 Å². The van der Waals surface area contributed by atoms with Crippen LogP contribution in [0.5, 0.6) is 5.75 Å². The van der Waals surface area contributed by atoms with Gasteiger partial charge in [0.2, 0.25) is 5.91 Å². The molecule has 1 heterocycles. The quantitative estimate of drug-likeness (QED) is 0.689. The van der Waals surface area contributed by atoms with E-state index in [0.29, 0.717) is 5.75 Å². The van der Waals surface area contributed by atoms with Crippen LogP contribution in [0.25, 0.3) is 0 Å². The van der Waals surface area contributed by atoms with E-state index in [9.17, 15) is 13.6 Å².